The maximum absolute atomic E-state index is 10.4. The Morgan fingerprint density at radius 3 is 1.77 bits per heavy atom. The Kier molecular flexibility index (Phi) is 4.23. The third kappa shape index (κ3) is 2.63. The van der Waals surface area contributed by atoms with Crippen molar-refractivity contribution in [3.05, 3.63) is 71.8 Å². The minimum atomic E-state index is 0.0764. The number of phenols is 1. The Labute approximate surface area is 138 Å². The van der Waals surface area contributed by atoms with Crippen LogP contribution in [0.3, 0.4) is 0 Å². The first-order valence-electron chi connectivity index (χ1n) is 6.67. The predicted octanol–water partition coefficient (Wildman–Crippen LogP) is 5.91. The standard InChI is InChI=1S/C18H12Cl2O2/c19-14-11-15(21)16(12-7-3-1-4-8-12)17(18(14)22-20)13-9-5-2-6-10-13/h1-11,21H. The Hall–Kier alpha value is -2.16. The van der Waals surface area contributed by atoms with E-state index in [0.717, 1.165) is 11.1 Å². The molecule has 0 heterocycles. The Morgan fingerprint density at radius 2 is 1.27 bits per heavy atom. The molecule has 0 unspecified atom stereocenters. The van der Waals surface area contributed by atoms with Crippen molar-refractivity contribution in [2.75, 3.05) is 0 Å². The molecule has 22 heavy (non-hydrogen) atoms. The fraction of sp³-hybridized carbons (Fsp3) is 0. The van der Waals surface area contributed by atoms with Gasteiger partial charge in [0, 0.05) is 17.2 Å². The van der Waals surface area contributed by atoms with Crippen LogP contribution in [0.2, 0.25) is 5.02 Å². The molecule has 110 valence electrons. The van der Waals surface area contributed by atoms with Crippen molar-refractivity contribution in [3.8, 4) is 33.8 Å². The van der Waals surface area contributed by atoms with Gasteiger partial charge in [0.1, 0.15) is 17.6 Å². The normalized spacial score (nSPS) is 10.5. The van der Waals surface area contributed by atoms with Crippen molar-refractivity contribution in [3.63, 3.8) is 0 Å². The number of hydrogen-bond donors (Lipinski definition) is 1. The van der Waals surface area contributed by atoms with Gasteiger partial charge in [-0.15, -0.1) is 0 Å². The van der Waals surface area contributed by atoms with E-state index in [-0.39, 0.29) is 10.8 Å². The molecule has 0 radical (unpaired) electrons. The van der Waals surface area contributed by atoms with Crippen LogP contribution in [-0.4, -0.2) is 5.11 Å². The second-order valence-electron chi connectivity index (χ2n) is 4.77. The lowest BCUT2D eigenvalue weighted by atomic mass is 9.93. The molecule has 0 spiro atoms. The third-order valence-electron chi connectivity index (χ3n) is 3.42. The minimum absolute atomic E-state index is 0.0764. The number of rotatable bonds is 3. The van der Waals surface area contributed by atoms with Crippen LogP contribution in [-0.2, 0) is 0 Å². The van der Waals surface area contributed by atoms with Gasteiger partial charge in [0.2, 0.25) is 0 Å². The molecular weight excluding hydrogens is 319 g/mol. The quantitative estimate of drug-likeness (QED) is 0.646. The molecular formula is C18H12Cl2O2. The average Bonchev–Trinajstić information content (AvgIpc) is 2.56. The van der Waals surface area contributed by atoms with Crippen LogP contribution in [0, 0.1) is 0 Å². The highest BCUT2D eigenvalue weighted by Crippen LogP contribution is 2.48. The van der Waals surface area contributed by atoms with Crippen LogP contribution in [0.15, 0.2) is 66.7 Å². The van der Waals surface area contributed by atoms with Gasteiger partial charge < -0.3 is 9.40 Å². The number of benzene rings is 3. The SMILES string of the molecule is Oc1cc(Cl)c(OCl)c(-c2ccccc2)c1-c1ccccc1. The molecule has 3 aromatic carbocycles. The van der Waals surface area contributed by atoms with Crippen LogP contribution >= 0.6 is 23.5 Å². The molecule has 2 nitrogen and oxygen atoms in total. The lowest BCUT2D eigenvalue weighted by Gasteiger charge is -2.16. The summed E-state index contributed by atoms with van der Waals surface area (Å²) in [5.41, 5.74) is 3.00. The van der Waals surface area contributed by atoms with Crippen molar-refractivity contribution in [1.82, 2.24) is 0 Å². The van der Waals surface area contributed by atoms with Crippen LogP contribution in [0.1, 0.15) is 0 Å². The van der Waals surface area contributed by atoms with Gasteiger partial charge in [-0.05, 0) is 11.1 Å². The number of halogens is 2. The van der Waals surface area contributed by atoms with E-state index < -0.39 is 0 Å². The van der Waals surface area contributed by atoms with E-state index in [9.17, 15) is 5.11 Å². The lowest BCUT2D eigenvalue weighted by Crippen LogP contribution is -1.91. The molecule has 0 saturated carbocycles. The van der Waals surface area contributed by atoms with Gasteiger partial charge in [0.05, 0.1) is 5.02 Å². The fourth-order valence-electron chi connectivity index (χ4n) is 2.47. The monoisotopic (exact) mass is 330 g/mol. The minimum Gasteiger partial charge on any atom is -0.507 e. The molecule has 0 aliphatic heterocycles. The topological polar surface area (TPSA) is 29.5 Å². The first kappa shape index (κ1) is 14.8. The first-order chi connectivity index (χ1) is 10.7. The molecule has 3 rings (SSSR count). The molecule has 0 aromatic heterocycles. The summed E-state index contributed by atoms with van der Waals surface area (Å²) < 4.78 is 4.98. The Morgan fingerprint density at radius 1 is 0.773 bits per heavy atom. The van der Waals surface area contributed by atoms with E-state index in [1.807, 2.05) is 60.7 Å². The fourth-order valence-corrected chi connectivity index (χ4v) is 2.91. The summed E-state index contributed by atoms with van der Waals surface area (Å²) in [6.45, 7) is 0. The highest BCUT2D eigenvalue weighted by molar-refractivity contribution is 6.33. The van der Waals surface area contributed by atoms with E-state index in [1.54, 1.807) is 0 Å². The number of hydrogen-bond acceptors (Lipinski definition) is 2. The Bertz CT molecular complexity index is 787. The Balaban J connectivity index is 2.38. The molecule has 1 N–H and O–H groups in total. The second-order valence-corrected chi connectivity index (χ2v) is 5.33. The van der Waals surface area contributed by atoms with Gasteiger partial charge in [-0.1, -0.05) is 72.3 Å². The maximum Gasteiger partial charge on any atom is 0.173 e. The van der Waals surface area contributed by atoms with E-state index in [0.29, 0.717) is 16.9 Å². The van der Waals surface area contributed by atoms with Crippen LogP contribution in [0.4, 0.5) is 0 Å². The molecule has 0 aliphatic carbocycles. The smallest absolute Gasteiger partial charge is 0.173 e. The number of aromatic hydroxyl groups is 1. The van der Waals surface area contributed by atoms with E-state index in [1.165, 1.54) is 6.07 Å². The molecule has 3 aromatic rings. The van der Waals surface area contributed by atoms with Gasteiger partial charge in [0.15, 0.2) is 5.75 Å². The van der Waals surface area contributed by atoms with Crippen molar-refractivity contribution >= 4 is 23.5 Å². The van der Waals surface area contributed by atoms with E-state index >= 15 is 0 Å². The zero-order chi connectivity index (χ0) is 15.5. The zero-order valence-electron chi connectivity index (χ0n) is 11.5. The lowest BCUT2D eigenvalue weighted by molar-refractivity contribution is 0.476. The molecule has 0 saturated heterocycles. The third-order valence-corrected chi connectivity index (χ3v) is 3.85. The summed E-state index contributed by atoms with van der Waals surface area (Å²) in [6.07, 6.45) is 0. The summed E-state index contributed by atoms with van der Waals surface area (Å²) in [5.74, 6) is 0.402. The second kappa shape index (κ2) is 6.30. The average molecular weight is 331 g/mol. The highest BCUT2D eigenvalue weighted by Gasteiger charge is 2.21. The van der Waals surface area contributed by atoms with Gasteiger partial charge in [0.25, 0.3) is 0 Å². The molecule has 0 atom stereocenters. The van der Waals surface area contributed by atoms with E-state index in [4.69, 9.17) is 27.8 Å². The molecule has 0 aliphatic rings. The van der Waals surface area contributed by atoms with Crippen LogP contribution in [0.5, 0.6) is 11.5 Å². The molecule has 0 fully saturated rings. The summed E-state index contributed by atoms with van der Waals surface area (Å²) in [4.78, 5) is 0. The van der Waals surface area contributed by atoms with Crippen molar-refractivity contribution in [2.45, 2.75) is 0 Å². The zero-order valence-corrected chi connectivity index (χ0v) is 13.0. The van der Waals surface area contributed by atoms with Crippen molar-refractivity contribution in [2.24, 2.45) is 0 Å². The summed E-state index contributed by atoms with van der Waals surface area (Å²) >= 11 is 11.8. The summed E-state index contributed by atoms with van der Waals surface area (Å²) in [6, 6.07) is 20.5. The van der Waals surface area contributed by atoms with Gasteiger partial charge >= 0.3 is 0 Å². The summed E-state index contributed by atoms with van der Waals surface area (Å²) in [5, 5.41) is 10.7. The van der Waals surface area contributed by atoms with Gasteiger partial charge in [-0.25, -0.2) is 0 Å². The predicted molar refractivity (Wildman–Crippen MR) is 90.5 cm³/mol. The molecule has 4 heteroatoms. The largest absolute Gasteiger partial charge is 0.507 e. The van der Waals surface area contributed by atoms with Crippen LogP contribution in [0.25, 0.3) is 22.3 Å². The van der Waals surface area contributed by atoms with Crippen LogP contribution < -0.4 is 4.29 Å². The summed E-state index contributed by atoms with van der Waals surface area (Å²) in [7, 11) is 0. The molecule has 0 bridgehead atoms. The van der Waals surface area contributed by atoms with E-state index in [2.05, 4.69) is 0 Å². The number of phenolic OH excluding ortho intramolecular Hbond substituents is 1. The maximum atomic E-state index is 10.4. The van der Waals surface area contributed by atoms with Crippen molar-refractivity contribution < 1.29 is 9.40 Å². The van der Waals surface area contributed by atoms with Gasteiger partial charge in [-0.3, -0.25) is 0 Å². The highest BCUT2D eigenvalue weighted by atomic mass is 35.5. The van der Waals surface area contributed by atoms with Crippen molar-refractivity contribution in [1.29, 1.82) is 0 Å². The van der Waals surface area contributed by atoms with Gasteiger partial charge in [-0.2, -0.15) is 0 Å². The molecule has 0 amide bonds. The first-order valence-corrected chi connectivity index (χ1v) is 7.36.